The smallest absolute Gasteiger partial charge is 0.345 e. The summed E-state index contributed by atoms with van der Waals surface area (Å²) in [4.78, 5) is 24.1. The number of carbonyl (C=O) groups is 1. The van der Waals surface area contributed by atoms with E-state index in [0.717, 1.165) is 37.3 Å². The summed E-state index contributed by atoms with van der Waals surface area (Å²) in [5.74, 6) is 0.753. The zero-order valence-electron chi connectivity index (χ0n) is 14.6. The number of aryl methyl sites for hydroxylation is 2. The van der Waals surface area contributed by atoms with Gasteiger partial charge in [0.25, 0.3) is 0 Å². The van der Waals surface area contributed by atoms with Gasteiger partial charge < -0.3 is 10.6 Å². The average molecular weight is 354 g/mol. The molecule has 2 heterocycles. The first-order valence-electron chi connectivity index (χ1n) is 8.84. The van der Waals surface area contributed by atoms with Crippen molar-refractivity contribution in [3.63, 3.8) is 0 Å². The van der Waals surface area contributed by atoms with Crippen LogP contribution < -0.4 is 16.3 Å². The SMILES string of the molecule is N#Cc1ccc(NCC(=O)NCCCn2nc3n(c2=O)CCCC3)cc1. The second-order valence-corrected chi connectivity index (χ2v) is 6.28. The fourth-order valence-corrected chi connectivity index (χ4v) is 2.96. The van der Waals surface area contributed by atoms with E-state index >= 15 is 0 Å². The normalized spacial score (nSPS) is 12.9. The molecule has 2 aromatic rings. The predicted octanol–water partition coefficient (Wildman–Crippen LogP) is 0.871. The summed E-state index contributed by atoms with van der Waals surface area (Å²) >= 11 is 0. The summed E-state index contributed by atoms with van der Waals surface area (Å²) in [6.45, 7) is 1.90. The molecule has 2 N–H and O–H groups in total. The molecule has 0 saturated carbocycles. The first kappa shape index (κ1) is 17.7. The Morgan fingerprint density at radius 1 is 1.27 bits per heavy atom. The lowest BCUT2D eigenvalue weighted by atomic mass is 10.2. The minimum Gasteiger partial charge on any atom is -0.376 e. The van der Waals surface area contributed by atoms with E-state index in [1.54, 1.807) is 28.8 Å². The molecule has 0 saturated heterocycles. The summed E-state index contributed by atoms with van der Waals surface area (Å²) in [5.41, 5.74) is 1.32. The van der Waals surface area contributed by atoms with Crippen molar-refractivity contribution >= 4 is 11.6 Å². The Hall–Kier alpha value is -3.08. The number of nitrogens with one attached hydrogen (secondary N) is 2. The molecular formula is C18H22N6O2. The number of carbonyl (C=O) groups excluding carboxylic acids is 1. The molecule has 0 spiro atoms. The van der Waals surface area contributed by atoms with Gasteiger partial charge in [-0.05, 0) is 43.5 Å². The summed E-state index contributed by atoms with van der Waals surface area (Å²) in [6, 6.07) is 8.97. The number of anilines is 1. The summed E-state index contributed by atoms with van der Waals surface area (Å²) < 4.78 is 3.26. The first-order chi connectivity index (χ1) is 12.7. The van der Waals surface area contributed by atoms with E-state index in [1.807, 2.05) is 6.07 Å². The van der Waals surface area contributed by atoms with E-state index in [0.29, 0.717) is 25.1 Å². The third kappa shape index (κ3) is 4.30. The van der Waals surface area contributed by atoms with Crippen LogP contribution in [0.25, 0.3) is 0 Å². The van der Waals surface area contributed by atoms with Crippen molar-refractivity contribution in [2.24, 2.45) is 0 Å². The third-order valence-corrected chi connectivity index (χ3v) is 4.37. The molecule has 0 bridgehead atoms. The summed E-state index contributed by atoms with van der Waals surface area (Å²) in [5, 5.41) is 19.0. The molecule has 0 atom stereocenters. The summed E-state index contributed by atoms with van der Waals surface area (Å²) in [7, 11) is 0. The standard InChI is InChI=1S/C18H22N6O2/c19-12-14-5-7-15(8-6-14)21-13-17(25)20-9-3-11-24-18(26)23-10-2-1-4-16(23)22-24/h5-8,21H,1-4,9-11,13H2,(H,20,25). The maximum Gasteiger partial charge on any atom is 0.345 e. The Balaban J connectivity index is 1.38. The molecule has 1 aromatic heterocycles. The van der Waals surface area contributed by atoms with Crippen LogP contribution in [0.5, 0.6) is 0 Å². The van der Waals surface area contributed by atoms with E-state index in [1.165, 1.54) is 4.68 Å². The lowest BCUT2D eigenvalue weighted by Gasteiger charge is -2.09. The van der Waals surface area contributed by atoms with Crippen LogP contribution >= 0.6 is 0 Å². The second-order valence-electron chi connectivity index (χ2n) is 6.28. The molecule has 0 unspecified atom stereocenters. The molecule has 26 heavy (non-hydrogen) atoms. The highest BCUT2D eigenvalue weighted by Gasteiger charge is 2.16. The molecule has 8 heteroatoms. The topological polar surface area (TPSA) is 105 Å². The van der Waals surface area contributed by atoms with Crippen LogP contribution in [0.1, 0.15) is 30.7 Å². The average Bonchev–Trinajstić information content (AvgIpc) is 3.00. The molecule has 1 aliphatic heterocycles. The van der Waals surface area contributed by atoms with Crippen LogP contribution in [0.4, 0.5) is 5.69 Å². The molecule has 0 fully saturated rings. The van der Waals surface area contributed by atoms with Crippen molar-refractivity contribution < 1.29 is 4.79 Å². The molecule has 136 valence electrons. The van der Waals surface area contributed by atoms with Crippen LogP contribution in [0, 0.1) is 11.3 Å². The van der Waals surface area contributed by atoms with Gasteiger partial charge in [-0.2, -0.15) is 10.4 Å². The van der Waals surface area contributed by atoms with Crippen LogP contribution in [0.2, 0.25) is 0 Å². The van der Waals surface area contributed by atoms with Crippen molar-refractivity contribution in [3.8, 4) is 6.07 Å². The number of nitrogens with zero attached hydrogens (tertiary/aromatic N) is 4. The van der Waals surface area contributed by atoms with Crippen LogP contribution in [0.15, 0.2) is 29.1 Å². The lowest BCUT2D eigenvalue weighted by molar-refractivity contribution is -0.119. The maximum absolute atomic E-state index is 12.2. The number of rotatable bonds is 7. The number of fused-ring (bicyclic) bond motifs is 1. The van der Waals surface area contributed by atoms with Crippen LogP contribution in [-0.2, 0) is 24.3 Å². The van der Waals surface area contributed by atoms with Gasteiger partial charge in [-0.25, -0.2) is 9.48 Å². The second kappa shape index (κ2) is 8.34. The molecule has 1 aliphatic rings. The molecular weight excluding hydrogens is 332 g/mol. The van der Waals surface area contributed by atoms with E-state index in [2.05, 4.69) is 15.7 Å². The Labute approximate surface area is 151 Å². The quantitative estimate of drug-likeness (QED) is 0.718. The van der Waals surface area contributed by atoms with Gasteiger partial charge in [0.1, 0.15) is 5.82 Å². The van der Waals surface area contributed by atoms with Gasteiger partial charge in [0.15, 0.2) is 0 Å². The van der Waals surface area contributed by atoms with E-state index in [-0.39, 0.29) is 18.1 Å². The monoisotopic (exact) mass is 354 g/mol. The van der Waals surface area contributed by atoms with Crippen molar-refractivity contribution in [3.05, 3.63) is 46.1 Å². The fourth-order valence-electron chi connectivity index (χ4n) is 2.96. The highest BCUT2D eigenvalue weighted by Crippen LogP contribution is 2.09. The third-order valence-electron chi connectivity index (χ3n) is 4.37. The van der Waals surface area contributed by atoms with Crippen LogP contribution in [0.3, 0.4) is 0 Å². The Kier molecular flexibility index (Phi) is 5.69. The Bertz CT molecular complexity index is 859. The van der Waals surface area contributed by atoms with E-state index in [4.69, 9.17) is 5.26 Å². The summed E-state index contributed by atoms with van der Waals surface area (Å²) in [6.07, 6.45) is 3.62. The first-order valence-corrected chi connectivity index (χ1v) is 8.84. The molecule has 8 nitrogen and oxygen atoms in total. The van der Waals surface area contributed by atoms with Crippen molar-refractivity contribution in [1.82, 2.24) is 19.7 Å². The van der Waals surface area contributed by atoms with Gasteiger partial charge in [-0.1, -0.05) is 0 Å². The van der Waals surface area contributed by atoms with Crippen molar-refractivity contribution in [2.45, 2.75) is 38.8 Å². The Morgan fingerprint density at radius 2 is 2.08 bits per heavy atom. The van der Waals surface area contributed by atoms with Gasteiger partial charge in [-0.15, -0.1) is 0 Å². The number of benzene rings is 1. The highest BCUT2D eigenvalue weighted by molar-refractivity contribution is 5.80. The van der Waals surface area contributed by atoms with E-state index in [9.17, 15) is 9.59 Å². The minimum absolute atomic E-state index is 0.0477. The van der Waals surface area contributed by atoms with Crippen LogP contribution in [-0.4, -0.2) is 33.3 Å². The minimum atomic E-state index is -0.120. The molecule has 1 amide bonds. The number of hydrogen-bond acceptors (Lipinski definition) is 5. The number of aromatic nitrogens is 3. The number of amides is 1. The highest BCUT2D eigenvalue weighted by atomic mass is 16.2. The molecule has 3 rings (SSSR count). The lowest BCUT2D eigenvalue weighted by Crippen LogP contribution is -2.32. The van der Waals surface area contributed by atoms with Gasteiger partial charge in [0, 0.05) is 31.7 Å². The van der Waals surface area contributed by atoms with Gasteiger partial charge in [0.05, 0.1) is 18.2 Å². The number of hydrogen-bond donors (Lipinski definition) is 2. The molecule has 0 aliphatic carbocycles. The predicted molar refractivity (Wildman–Crippen MR) is 96.7 cm³/mol. The molecule has 0 radical (unpaired) electrons. The van der Waals surface area contributed by atoms with Crippen molar-refractivity contribution in [2.75, 3.05) is 18.4 Å². The van der Waals surface area contributed by atoms with Gasteiger partial charge in [0.2, 0.25) is 5.91 Å². The van der Waals surface area contributed by atoms with Gasteiger partial charge in [-0.3, -0.25) is 9.36 Å². The maximum atomic E-state index is 12.2. The fraction of sp³-hybridized carbons (Fsp3) is 0.444. The zero-order chi connectivity index (χ0) is 18.4. The van der Waals surface area contributed by atoms with Crippen molar-refractivity contribution in [1.29, 1.82) is 5.26 Å². The molecule has 1 aromatic carbocycles. The Morgan fingerprint density at radius 3 is 2.81 bits per heavy atom. The largest absolute Gasteiger partial charge is 0.376 e. The van der Waals surface area contributed by atoms with E-state index < -0.39 is 0 Å². The van der Waals surface area contributed by atoms with Gasteiger partial charge >= 0.3 is 5.69 Å². The zero-order valence-corrected chi connectivity index (χ0v) is 14.6. The number of nitriles is 1.